The molecule has 1 rings (SSSR count). The molecule has 2 nitrogen and oxygen atoms in total. The van der Waals surface area contributed by atoms with Crippen LogP contribution in [-0.4, -0.2) is 17.3 Å². The number of nitrogens with two attached hydrogens (primary N) is 1. The van der Waals surface area contributed by atoms with E-state index >= 15 is 0 Å². The molecule has 0 spiro atoms. The van der Waals surface area contributed by atoms with Crippen LogP contribution in [0.3, 0.4) is 0 Å². The van der Waals surface area contributed by atoms with E-state index in [0.29, 0.717) is 11.5 Å². The van der Waals surface area contributed by atoms with Crippen molar-refractivity contribution in [3.05, 3.63) is 35.4 Å². The van der Waals surface area contributed by atoms with E-state index in [1.54, 1.807) is 12.1 Å². The molecule has 0 fully saturated rings. The smallest absolute Gasteiger partial charge is 0.388 e. The van der Waals surface area contributed by atoms with Crippen molar-refractivity contribution in [2.45, 2.75) is 44.5 Å². The zero-order valence-electron chi connectivity index (χ0n) is 10.8. The molecule has 0 amide bonds. The number of aliphatic hydroxyl groups is 1. The fraction of sp³-hybridized carbons (Fsp3) is 0.538. The van der Waals surface area contributed by atoms with Gasteiger partial charge in [0.25, 0.3) is 0 Å². The van der Waals surface area contributed by atoms with E-state index in [4.69, 9.17) is 5.73 Å². The summed E-state index contributed by atoms with van der Waals surface area (Å²) < 4.78 is 36.8. The first kappa shape index (κ1) is 18.2. The standard InChI is InChI=1S/C13H18F3NO.ClH/c1-8(2)9-3-5-10(6-4-9)11(18)7-12(17)13(14,15)16;/h3-6,8,11-12,18H,7,17H2,1-2H3;1H/t11-,12-;/m0./s1. The Balaban J connectivity index is 0.00000324. The minimum Gasteiger partial charge on any atom is -0.388 e. The van der Waals surface area contributed by atoms with Gasteiger partial charge in [0.2, 0.25) is 0 Å². The Morgan fingerprint density at radius 3 is 1.89 bits per heavy atom. The number of halogens is 4. The van der Waals surface area contributed by atoms with Gasteiger partial charge in [0.05, 0.1) is 6.10 Å². The minimum atomic E-state index is -4.47. The first-order chi connectivity index (χ1) is 8.21. The summed E-state index contributed by atoms with van der Waals surface area (Å²) in [5.41, 5.74) is 6.51. The molecule has 0 saturated carbocycles. The molecule has 6 heteroatoms. The highest BCUT2D eigenvalue weighted by molar-refractivity contribution is 5.85. The van der Waals surface area contributed by atoms with E-state index in [9.17, 15) is 18.3 Å². The van der Waals surface area contributed by atoms with Gasteiger partial charge in [-0.25, -0.2) is 0 Å². The van der Waals surface area contributed by atoms with Crippen molar-refractivity contribution in [3.8, 4) is 0 Å². The Morgan fingerprint density at radius 1 is 1.11 bits per heavy atom. The van der Waals surface area contributed by atoms with Crippen LogP contribution in [0.15, 0.2) is 24.3 Å². The van der Waals surface area contributed by atoms with Crippen LogP contribution in [0, 0.1) is 0 Å². The summed E-state index contributed by atoms with van der Waals surface area (Å²) in [7, 11) is 0. The molecule has 0 aliphatic heterocycles. The minimum absolute atomic E-state index is 0. The predicted molar refractivity (Wildman–Crippen MR) is 71.4 cm³/mol. The molecule has 1 aromatic carbocycles. The van der Waals surface area contributed by atoms with Crippen molar-refractivity contribution in [2.24, 2.45) is 5.73 Å². The third-order valence-electron chi connectivity index (χ3n) is 2.89. The molecule has 0 heterocycles. The third kappa shape index (κ3) is 5.38. The first-order valence-corrected chi connectivity index (χ1v) is 5.82. The molecular weight excluding hydrogens is 279 g/mol. The third-order valence-corrected chi connectivity index (χ3v) is 2.89. The second kappa shape index (κ2) is 7.12. The molecule has 0 aliphatic carbocycles. The maximum Gasteiger partial charge on any atom is 0.403 e. The van der Waals surface area contributed by atoms with Gasteiger partial charge >= 0.3 is 6.18 Å². The van der Waals surface area contributed by atoms with Crippen LogP contribution in [0.5, 0.6) is 0 Å². The Hall–Kier alpha value is -0.780. The highest BCUT2D eigenvalue weighted by Gasteiger charge is 2.37. The molecule has 3 N–H and O–H groups in total. The highest BCUT2D eigenvalue weighted by Crippen LogP contribution is 2.27. The van der Waals surface area contributed by atoms with Gasteiger partial charge in [-0.3, -0.25) is 0 Å². The van der Waals surface area contributed by atoms with Crippen LogP contribution in [0.4, 0.5) is 13.2 Å². The summed E-state index contributed by atoms with van der Waals surface area (Å²) in [4.78, 5) is 0. The molecule has 2 atom stereocenters. The van der Waals surface area contributed by atoms with E-state index in [2.05, 4.69) is 0 Å². The lowest BCUT2D eigenvalue weighted by molar-refractivity contribution is -0.153. The van der Waals surface area contributed by atoms with Gasteiger partial charge in [-0.2, -0.15) is 13.2 Å². The number of hydrogen-bond acceptors (Lipinski definition) is 2. The molecule has 1 aromatic rings. The van der Waals surface area contributed by atoms with Crippen LogP contribution in [0.2, 0.25) is 0 Å². The molecule has 110 valence electrons. The molecule has 0 saturated heterocycles. The van der Waals surface area contributed by atoms with Crippen LogP contribution in [0.1, 0.15) is 43.4 Å². The fourth-order valence-electron chi connectivity index (χ4n) is 1.61. The highest BCUT2D eigenvalue weighted by atomic mass is 35.5. The summed E-state index contributed by atoms with van der Waals surface area (Å²) >= 11 is 0. The Morgan fingerprint density at radius 2 is 1.53 bits per heavy atom. The molecule has 0 radical (unpaired) electrons. The predicted octanol–water partition coefficient (Wildman–Crippen LogP) is 3.54. The van der Waals surface area contributed by atoms with E-state index in [1.807, 2.05) is 26.0 Å². The van der Waals surface area contributed by atoms with Gasteiger partial charge in [-0.05, 0) is 17.0 Å². The Kier molecular flexibility index (Phi) is 6.83. The summed E-state index contributed by atoms with van der Waals surface area (Å²) in [6, 6.07) is 4.90. The lowest BCUT2D eigenvalue weighted by atomic mass is 9.97. The van der Waals surface area contributed by atoms with Crippen LogP contribution >= 0.6 is 12.4 Å². The normalized spacial score (nSPS) is 14.9. The van der Waals surface area contributed by atoms with Gasteiger partial charge in [-0.15, -0.1) is 12.4 Å². The topological polar surface area (TPSA) is 46.2 Å². The van der Waals surface area contributed by atoms with Crippen molar-refractivity contribution in [3.63, 3.8) is 0 Å². The first-order valence-electron chi connectivity index (χ1n) is 5.82. The number of benzene rings is 1. The van der Waals surface area contributed by atoms with Crippen molar-refractivity contribution >= 4 is 12.4 Å². The number of aliphatic hydroxyl groups excluding tert-OH is 1. The van der Waals surface area contributed by atoms with Crippen molar-refractivity contribution in [2.75, 3.05) is 0 Å². The lowest BCUT2D eigenvalue weighted by Gasteiger charge is -2.19. The second-order valence-corrected chi connectivity index (χ2v) is 4.72. The zero-order chi connectivity index (χ0) is 13.9. The molecule has 0 aromatic heterocycles. The van der Waals surface area contributed by atoms with Gasteiger partial charge in [0.15, 0.2) is 0 Å². The van der Waals surface area contributed by atoms with E-state index in [-0.39, 0.29) is 12.4 Å². The van der Waals surface area contributed by atoms with Crippen molar-refractivity contribution in [1.29, 1.82) is 0 Å². The zero-order valence-corrected chi connectivity index (χ0v) is 11.6. The number of alkyl halides is 3. The maximum atomic E-state index is 12.3. The summed E-state index contributed by atoms with van der Waals surface area (Å²) in [6.45, 7) is 4.04. The van der Waals surface area contributed by atoms with E-state index in [0.717, 1.165) is 5.56 Å². The summed E-state index contributed by atoms with van der Waals surface area (Å²) in [5, 5.41) is 9.70. The number of hydrogen-bond donors (Lipinski definition) is 2. The van der Waals surface area contributed by atoms with E-state index in [1.165, 1.54) is 0 Å². The van der Waals surface area contributed by atoms with Crippen molar-refractivity contribution < 1.29 is 18.3 Å². The van der Waals surface area contributed by atoms with Crippen molar-refractivity contribution in [1.82, 2.24) is 0 Å². The molecule has 0 unspecified atom stereocenters. The van der Waals surface area contributed by atoms with Gasteiger partial charge in [-0.1, -0.05) is 38.1 Å². The van der Waals surface area contributed by atoms with Crippen LogP contribution in [0.25, 0.3) is 0 Å². The average Bonchev–Trinajstić information content (AvgIpc) is 2.27. The molecule has 0 aliphatic rings. The summed E-state index contributed by atoms with van der Waals surface area (Å²) in [6.07, 6.45) is -6.19. The van der Waals surface area contributed by atoms with Gasteiger partial charge in [0, 0.05) is 6.42 Å². The van der Waals surface area contributed by atoms with Crippen LogP contribution in [-0.2, 0) is 0 Å². The van der Waals surface area contributed by atoms with Gasteiger partial charge < -0.3 is 10.8 Å². The largest absolute Gasteiger partial charge is 0.403 e. The lowest BCUT2D eigenvalue weighted by Crippen LogP contribution is -2.38. The SMILES string of the molecule is CC(C)c1ccc([C@@H](O)C[C@H](N)C(F)(F)F)cc1.Cl. The maximum absolute atomic E-state index is 12.3. The molecular formula is C13H19ClF3NO. The molecule has 19 heavy (non-hydrogen) atoms. The summed E-state index contributed by atoms with van der Waals surface area (Å²) in [5.74, 6) is 0.341. The average molecular weight is 298 g/mol. The Labute approximate surface area is 117 Å². The second-order valence-electron chi connectivity index (χ2n) is 4.72. The van der Waals surface area contributed by atoms with Crippen LogP contribution < -0.4 is 5.73 Å². The van der Waals surface area contributed by atoms with E-state index < -0.39 is 24.7 Å². The Bertz CT molecular complexity index is 378. The van der Waals surface area contributed by atoms with Gasteiger partial charge in [0.1, 0.15) is 6.04 Å². The molecule has 0 bridgehead atoms. The fourth-order valence-corrected chi connectivity index (χ4v) is 1.61. The monoisotopic (exact) mass is 297 g/mol. The number of rotatable bonds is 4. The quantitative estimate of drug-likeness (QED) is 0.893.